The fourth-order valence-corrected chi connectivity index (χ4v) is 2.83. The summed E-state index contributed by atoms with van der Waals surface area (Å²) in [7, 11) is 0. The predicted octanol–water partition coefficient (Wildman–Crippen LogP) is 4.25. The van der Waals surface area contributed by atoms with E-state index < -0.39 is 0 Å². The first-order valence-corrected chi connectivity index (χ1v) is 7.21. The number of amides is 1. The lowest BCUT2D eigenvalue weighted by molar-refractivity contribution is -0.115. The molecule has 0 aliphatic heterocycles. The Morgan fingerprint density at radius 1 is 1.37 bits per heavy atom. The van der Waals surface area contributed by atoms with E-state index in [2.05, 4.69) is 10.3 Å². The fourth-order valence-electron chi connectivity index (χ4n) is 1.53. The molecule has 1 amide bonds. The van der Waals surface area contributed by atoms with Crippen LogP contribution >= 0.6 is 34.5 Å². The SMILES string of the molecule is Cc1nc(NC(=O)Cc2ccc(Cl)cc2Cl)sc1C. The van der Waals surface area contributed by atoms with Gasteiger partial charge in [0.2, 0.25) is 5.91 Å². The Labute approximate surface area is 125 Å². The number of rotatable bonds is 3. The molecule has 0 spiro atoms. The average molecular weight is 315 g/mol. The monoisotopic (exact) mass is 314 g/mol. The zero-order valence-corrected chi connectivity index (χ0v) is 12.8. The van der Waals surface area contributed by atoms with Crippen LogP contribution in [0, 0.1) is 13.8 Å². The van der Waals surface area contributed by atoms with Crippen LogP contribution in [0.4, 0.5) is 5.13 Å². The molecule has 0 aliphatic rings. The third-order valence-electron chi connectivity index (χ3n) is 2.64. The number of nitrogens with one attached hydrogen (secondary N) is 1. The number of aromatic nitrogens is 1. The normalized spacial score (nSPS) is 10.5. The minimum absolute atomic E-state index is 0.141. The highest BCUT2D eigenvalue weighted by atomic mass is 35.5. The number of carbonyl (C=O) groups excluding carboxylic acids is 1. The number of carbonyl (C=O) groups is 1. The first kappa shape index (κ1) is 14.3. The predicted molar refractivity (Wildman–Crippen MR) is 80.4 cm³/mol. The Kier molecular flexibility index (Phi) is 4.45. The molecule has 2 aromatic rings. The molecule has 0 atom stereocenters. The molecular formula is C13H12Cl2N2OS. The van der Waals surface area contributed by atoms with Gasteiger partial charge in [0.05, 0.1) is 12.1 Å². The molecule has 1 aromatic heterocycles. The van der Waals surface area contributed by atoms with E-state index in [1.165, 1.54) is 11.3 Å². The first-order chi connectivity index (χ1) is 8.95. The van der Waals surface area contributed by atoms with E-state index >= 15 is 0 Å². The van der Waals surface area contributed by atoms with Crippen LogP contribution < -0.4 is 5.32 Å². The molecule has 0 fully saturated rings. The molecule has 0 radical (unpaired) electrons. The molecule has 1 heterocycles. The Balaban J connectivity index is 2.05. The van der Waals surface area contributed by atoms with Crippen LogP contribution in [-0.4, -0.2) is 10.9 Å². The van der Waals surface area contributed by atoms with Gasteiger partial charge in [-0.3, -0.25) is 4.79 Å². The summed E-state index contributed by atoms with van der Waals surface area (Å²) < 4.78 is 0. The molecule has 0 saturated carbocycles. The summed E-state index contributed by atoms with van der Waals surface area (Å²) in [5, 5.41) is 4.44. The topological polar surface area (TPSA) is 42.0 Å². The lowest BCUT2D eigenvalue weighted by Gasteiger charge is -2.04. The molecule has 2 rings (SSSR count). The van der Waals surface area contributed by atoms with Crippen molar-refractivity contribution in [3.63, 3.8) is 0 Å². The van der Waals surface area contributed by atoms with Crippen LogP contribution in [0.2, 0.25) is 10.0 Å². The van der Waals surface area contributed by atoms with E-state index in [0.717, 1.165) is 16.1 Å². The second-order valence-electron chi connectivity index (χ2n) is 4.12. The van der Waals surface area contributed by atoms with Crippen molar-refractivity contribution >= 4 is 45.6 Å². The van der Waals surface area contributed by atoms with Gasteiger partial charge in [-0.15, -0.1) is 11.3 Å². The molecule has 0 unspecified atom stereocenters. The number of hydrogen-bond acceptors (Lipinski definition) is 3. The van der Waals surface area contributed by atoms with Gasteiger partial charge in [0.1, 0.15) is 0 Å². The van der Waals surface area contributed by atoms with E-state index in [4.69, 9.17) is 23.2 Å². The first-order valence-electron chi connectivity index (χ1n) is 5.63. The van der Waals surface area contributed by atoms with Crippen molar-refractivity contribution in [1.82, 2.24) is 4.98 Å². The Hall–Kier alpha value is -1.10. The van der Waals surface area contributed by atoms with Crippen LogP contribution in [-0.2, 0) is 11.2 Å². The molecule has 1 N–H and O–H groups in total. The van der Waals surface area contributed by atoms with Crippen molar-refractivity contribution in [1.29, 1.82) is 0 Å². The third kappa shape index (κ3) is 3.69. The van der Waals surface area contributed by atoms with Crippen molar-refractivity contribution in [3.8, 4) is 0 Å². The summed E-state index contributed by atoms with van der Waals surface area (Å²) in [5.41, 5.74) is 1.68. The van der Waals surface area contributed by atoms with E-state index in [9.17, 15) is 4.79 Å². The fraction of sp³-hybridized carbons (Fsp3) is 0.231. The average Bonchev–Trinajstić information content (AvgIpc) is 2.62. The van der Waals surface area contributed by atoms with Crippen molar-refractivity contribution in [2.45, 2.75) is 20.3 Å². The van der Waals surface area contributed by atoms with Crippen LogP contribution in [0.15, 0.2) is 18.2 Å². The smallest absolute Gasteiger partial charge is 0.230 e. The highest BCUT2D eigenvalue weighted by molar-refractivity contribution is 7.15. The molecule has 6 heteroatoms. The van der Waals surface area contributed by atoms with E-state index in [-0.39, 0.29) is 12.3 Å². The number of hydrogen-bond donors (Lipinski definition) is 1. The second kappa shape index (κ2) is 5.90. The van der Waals surface area contributed by atoms with Crippen molar-refractivity contribution in [2.24, 2.45) is 0 Å². The quantitative estimate of drug-likeness (QED) is 0.920. The standard InChI is InChI=1S/C13H12Cl2N2OS/c1-7-8(2)19-13(16-7)17-12(18)5-9-3-4-10(14)6-11(9)15/h3-4,6H,5H2,1-2H3,(H,16,17,18). The van der Waals surface area contributed by atoms with E-state index in [1.54, 1.807) is 18.2 Å². The highest BCUT2D eigenvalue weighted by Crippen LogP contribution is 2.23. The molecule has 0 bridgehead atoms. The van der Waals surface area contributed by atoms with Crippen LogP contribution in [0.1, 0.15) is 16.1 Å². The summed E-state index contributed by atoms with van der Waals surface area (Å²) in [4.78, 5) is 17.3. The number of aryl methyl sites for hydroxylation is 2. The molecule has 19 heavy (non-hydrogen) atoms. The van der Waals surface area contributed by atoms with Gasteiger partial charge in [0.15, 0.2) is 5.13 Å². The molecule has 1 aromatic carbocycles. The number of anilines is 1. The number of benzene rings is 1. The van der Waals surface area contributed by atoms with Gasteiger partial charge in [0.25, 0.3) is 0 Å². The van der Waals surface area contributed by atoms with Gasteiger partial charge in [0, 0.05) is 14.9 Å². The van der Waals surface area contributed by atoms with Gasteiger partial charge in [-0.05, 0) is 31.5 Å². The van der Waals surface area contributed by atoms with Crippen LogP contribution in [0.5, 0.6) is 0 Å². The summed E-state index contributed by atoms with van der Waals surface area (Å²) in [5.74, 6) is -0.141. The Bertz CT molecular complexity index is 606. The van der Waals surface area contributed by atoms with Crippen LogP contribution in [0.3, 0.4) is 0 Å². The summed E-state index contributed by atoms with van der Waals surface area (Å²) >= 11 is 13.3. The van der Waals surface area contributed by atoms with Gasteiger partial charge in [-0.2, -0.15) is 0 Å². The minimum Gasteiger partial charge on any atom is -0.302 e. The largest absolute Gasteiger partial charge is 0.302 e. The number of nitrogens with zero attached hydrogens (tertiary/aromatic N) is 1. The maximum Gasteiger partial charge on any atom is 0.230 e. The zero-order chi connectivity index (χ0) is 14.0. The maximum atomic E-state index is 11.9. The molecule has 3 nitrogen and oxygen atoms in total. The summed E-state index contributed by atoms with van der Waals surface area (Å²) in [6.07, 6.45) is 0.202. The highest BCUT2D eigenvalue weighted by Gasteiger charge is 2.10. The third-order valence-corrected chi connectivity index (χ3v) is 4.22. The van der Waals surface area contributed by atoms with Gasteiger partial charge < -0.3 is 5.32 Å². The van der Waals surface area contributed by atoms with Gasteiger partial charge in [-0.25, -0.2) is 4.98 Å². The Morgan fingerprint density at radius 2 is 2.11 bits per heavy atom. The molecule has 0 saturated heterocycles. The Morgan fingerprint density at radius 3 is 2.68 bits per heavy atom. The van der Waals surface area contributed by atoms with Crippen LogP contribution in [0.25, 0.3) is 0 Å². The lowest BCUT2D eigenvalue weighted by Crippen LogP contribution is -2.14. The summed E-state index contributed by atoms with van der Waals surface area (Å²) in [6, 6.07) is 5.10. The van der Waals surface area contributed by atoms with Crippen molar-refractivity contribution < 1.29 is 4.79 Å². The molecular weight excluding hydrogens is 303 g/mol. The van der Waals surface area contributed by atoms with E-state index in [1.807, 2.05) is 13.8 Å². The van der Waals surface area contributed by atoms with Crippen molar-refractivity contribution in [3.05, 3.63) is 44.4 Å². The summed E-state index contributed by atoms with van der Waals surface area (Å²) in [6.45, 7) is 3.89. The van der Waals surface area contributed by atoms with Crippen molar-refractivity contribution in [2.75, 3.05) is 5.32 Å². The van der Waals surface area contributed by atoms with Gasteiger partial charge in [-0.1, -0.05) is 29.3 Å². The maximum absolute atomic E-state index is 11.9. The zero-order valence-electron chi connectivity index (χ0n) is 10.5. The minimum atomic E-state index is -0.141. The van der Waals surface area contributed by atoms with Gasteiger partial charge >= 0.3 is 0 Å². The van der Waals surface area contributed by atoms with E-state index in [0.29, 0.717) is 15.2 Å². The second-order valence-corrected chi connectivity index (χ2v) is 6.17. The number of thiazole rings is 1. The molecule has 0 aliphatic carbocycles. The number of halogens is 2. The molecule has 100 valence electrons. The lowest BCUT2D eigenvalue weighted by atomic mass is 10.1.